The Balaban J connectivity index is 1.23. The Morgan fingerprint density at radius 2 is 1.94 bits per heavy atom. The highest BCUT2D eigenvalue weighted by Gasteiger charge is 2.32. The van der Waals surface area contributed by atoms with E-state index in [1.165, 1.54) is 12.8 Å². The number of imidazole rings is 1. The molecule has 9 heteroatoms. The third kappa shape index (κ3) is 3.63. The Hall–Kier alpha value is -3.07. The first-order valence-electron chi connectivity index (χ1n) is 11.1. The Morgan fingerprint density at radius 1 is 1.06 bits per heavy atom. The molecule has 3 aromatic rings. The molecule has 160 valence electrons. The van der Waals surface area contributed by atoms with Gasteiger partial charge in [0.25, 0.3) is 5.91 Å². The van der Waals surface area contributed by atoms with E-state index in [9.17, 15) is 4.79 Å². The van der Waals surface area contributed by atoms with E-state index in [0.29, 0.717) is 37.1 Å². The normalized spacial score (nSPS) is 21.7. The summed E-state index contributed by atoms with van der Waals surface area (Å²) in [7, 11) is 0. The summed E-state index contributed by atoms with van der Waals surface area (Å²) in [4.78, 5) is 38.6. The van der Waals surface area contributed by atoms with E-state index < -0.39 is 6.10 Å². The Labute approximate surface area is 179 Å². The van der Waals surface area contributed by atoms with Crippen LogP contribution in [0.2, 0.25) is 0 Å². The van der Waals surface area contributed by atoms with Gasteiger partial charge in [0.15, 0.2) is 17.6 Å². The SMILES string of the molecule is O=C([C@H]1CN(c2ccc3nc(-c4cncc(C5CC5)n4)[nH]c3n2)CCO1)N1CCCC1. The van der Waals surface area contributed by atoms with Crippen molar-refractivity contribution in [1.82, 2.24) is 29.8 Å². The quantitative estimate of drug-likeness (QED) is 0.691. The number of H-pyrrole nitrogens is 1. The third-order valence-electron chi connectivity index (χ3n) is 6.30. The number of likely N-dealkylation sites (tertiary alicyclic amines) is 1. The average molecular weight is 419 g/mol. The number of carbonyl (C=O) groups is 1. The fourth-order valence-electron chi connectivity index (χ4n) is 4.40. The van der Waals surface area contributed by atoms with Gasteiger partial charge in [0.2, 0.25) is 0 Å². The van der Waals surface area contributed by atoms with Crippen LogP contribution < -0.4 is 4.90 Å². The highest BCUT2D eigenvalue weighted by atomic mass is 16.5. The van der Waals surface area contributed by atoms with Gasteiger partial charge in [-0.25, -0.2) is 15.0 Å². The molecular weight excluding hydrogens is 394 g/mol. The van der Waals surface area contributed by atoms with Crippen molar-refractivity contribution in [3.63, 3.8) is 0 Å². The zero-order valence-electron chi connectivity index (χ0n) is 17.3. The molecule has 3 aromatic heterocycles. The second-order valence-corrected chi connectivity index (χ2v) is 8.56. The van der Waals surface area contributed by atoms with E-state index in [0.717, 1.165) is 48.7 Å². The van der Waals surface area contributed by atoms with Crippen LogP contribution in [0.3, 0.4) is 0 Å². The van der Waals surface area contributed by atoms with Gasteiger partial charge in [-0.15, -0.1) is 0 Å². The number of rotatable bonds is 4. The minimum absolute atomic E-state index is 0.0984. The summed E-state index contributed by atoms with van der Waals surface area (Å²) in [5, 5.41) is 0. The molecule has 0 bridgehead atoms. The van der Waals surface area contributed by atoms with Gasteiger partial charge in [0.05, 0.1) is 25.0 Å². The number of nitrogens with zero attached hydrogens (tertiary/aromatic N) is 6. The lowest BCUT2D eigenvalue weighted by molar-refractivity contribution is -0.143. The molecule has 5 heterocycles. The van der Waals surface area contributed by atoms with Gasteiger partial charge < -0.3 is 19.5 Å². The molecule has 2 aliphatic heterocycles. The van der Waals surface area contributed by atoms with Crippen molar-refractivity contribution in [1.29, 1.82) is 0 Å². The summed E-state index contributed by atoms with van der Waals surface area (Å²) in [5.74, 6) is 2.14. The van der Waals surface area contributed by atoms with E-state index in [1.807, 2.05) is 23.2 Å². The zero-order chi connectivity index (χ0) is 20.8. The minimum Gasteiger partial charge on any atom is -0.365 e. The summed E-state index contributed by atoms with van der Waals surface area (Å²) in [6.07, 6.45) is 7.68. The molecule has 1 N–H and O–H groups in total. The summed E-state index contributed by atoms with van der Waals surface area (Å²) in [6, 6.07) is 3.92. The van der Waals surface area contributed by atoms with Gasteiger partial charge in [0, 0.05) is 31.7 Å². The van der Waals surface area contributed by atoms with E-state index in [-0.39, 0.29) is 5.91 Å². The first-order valence-corrected chi connectivity index (χ1v) is 11.1. The smallest absolute Gasteiger partial charge is 0.253 e. The van der Waals surface area contributed by atoms with Crippen molar-refractivity contribution < 1.29 is 9.53 Å². The van der Waals surface area contributed by atoms with Gasteiger partial charge in [0.1, 0.15) is 17.0 Å². The van der Waals surface area contributed by atoms with Crippen LogP contribution in [0, 0.1) is 0 Å². The van der Waals surface area contributed by atoms with E-state index >= 15 is 0 Å². The molecule has 0 aromatic carbocycles. The van der Waals surface area contributed by atoms with Crippen LogP contribution in [0.5, 0.6) is 0 Å². The molecule has 0 spiro atoms. The second kappa shape index (κ2) is 7.56. The average Bonchev–Trinajstić information content (AvgIpc) is 3.35. The number of hydrogen-bond acceptors (Lipinski definition) is 7. The molecule has 0 radical (unpaired) electrons. The molecule has 9 nitrogen and oxygen atoms in total. The zero-order valence-corrected chi connectivity index (χ0v) is 17.3. The predicted octanol–water partition coefficient (Wildman–Crippen LogP) is 2.12. The number of pyridine rings is 1. The van der Waals surface area contributed by atoms with Crippen molar-refractivity contribution in [3.05, 3.63) is 30.2 Å². The number of aromatic amines is 1. The topological polar surface area (TPSA) is 100 Å². The van der Waals surface area contributed by atoms with Crippen LogP contribution in [0.25, 0.3) is 22.7 Å². The number of nitrogens with one attached hydrogen (secondary N) is 1. The number of carbonyl (C=O) groups excluding carboxylic acids is 1. The molecule has 2 saturated heterocycles. The fourth-order valence-corrected chi connectivity index (χ4v) is 4.40. The van der Waals surface area contributed by atoms with E-state index in [1.54, 1.807) is 6.20 Å². The monoisotopic (exact) mass is 419 g/mol. The predicted molar refractivity (Wildman–Crippen MR) is 115 cm³/mol. The molecule has 6 rings (SSSR count). The first kappa shape index (κ1) is 18.7. The third-order valence-corrected chi connectivity index (χ3v) is 6.30. The van der Waals surface area contributed by atoms with Crippen LogP contribution in [-0.4, -0.2) is 74.6 Å². The maximum atomic E-state index is 12.8. The lowest BCUT2D eigenvalue weighted by Gasteiger charge is -2.34. The molecule has 1 saturated carbocycles. The molecule has 1 atom stereocenters. The lowest BCUT2D eigenvalue weighted by atomic mass is 10.2. The Morgan fingerprint density at radius 3 is 2.77 bits per heavy atom. The largest absolute Gasteiger partial charge is 0.365 e. The Kier molecular flexibility index (Phi) is 4.56. The lowest BCUT2D eigenvalue weighted by Crippen LogP contribution is -2.50. The van der Waals surface area contributed by atoms with Crippen LogP contribution in [0.4, 0.5) is 5.82 Å². The summed E-state index contributed by atoms with van der Waals surface area (Å²) >= 11 is 0. The molecule has 3 fully saturated rings. The molecule has 31 heavy (non-hydrogen) atoms. The van der Waals surface area contributed by atoms with Gasteiger partial charge >= 0.3 is 0 Å². The van der Waals surface area contributed by atoms with Crippen molar-refractivity contribution in [3.8, 4) is 11.5 Å². The van der Waals surface area contributed by atoms with Gasteiger partial charge in [-0.1, -0.05) is 0 Å². The van der Waals surface area contributed by atoms with Crippen LogP contribution >= 0.6 is 0 Å². The maximum Gasteiger partial charge on any atom is 0.253 e. The van der Waals surface area contributed by atoms with Crippen LogP contribution in [0.1, 0.15) is 37.3 Å². The number of aromatic nitrogens is 5. The van der Waals surface area contributed by atoms with Crippen molar-refractivity contribution in [2.75, 3.05) is 37.7 Å². The number of anilines is 1. The summed E-state index contributed by atoms with van der Waals surface area (Å²) in [5.41, 5.74) is 3.27. The number of morpholine rings is 1. The summed E-state index contributed by atoms with van der Waals surface area (Å²) in [6.45, 7) is 3.42. The highest BCUT2D eigenvalue weighted by molar-refractivity contribution is 5.82. The first-order chi connectivity index (χ1) is 15.2. The summed E-state index contributed by atoms with van der Waals surface area (Å²) < 4.78 is 5.79. The highest BCUT2D eigenvalue weighted by Crippen LogP contribution is 2.39. The maximum absolute atomic E-state index is 12.8. The van der Waals surface area contributed by atoms with Crippen LogP contribution in [0.15, 0.2) is 24.5 Å². The fraction of sp³-hybridized carbons (Fsp3) is 0.500. The number of hydrogen-bond donors (Lipinski definition) is 1. The van der Waals surface area contributed by atoms with Crippen LogP contribution in [-0.2, 0) is 9.53 Å². The van der Waals surface area contributed by atoms with Crippen molar-refractivity contribution in [2.24, 2.45) is 0 Å². The molecule has 1 aliphatic carbocycles. The molecule has 0 unspecified atom stereocenters. The number of ether oxygens (including phenoxy) is 1. The number of amides is 1. The molecule has 3 aliphatic rings. The van der Waals surface area contributed by atoms with Gasteiger partial charge in [-0.3, -0.25) is 9.78 Å². The Bertz CT molecular complexity index is 1120. The molecular formula is C22H25N7O2. The van der Waals surface area contributed by atoms with E-state index in [4.69, 9.17) is 14.7 Å². The molecule has 1 amide bonds. The second-order valence-electron chi connectivity index (χ2n) is 8.56. The van der Waals surface area contributed by atoms with Crippen molar-refractivity contribution >= 4 is 22.9 Å². The van der Waals surface area contributed by atoms with Gasteiger partial charge in [-0.05, 0) is 37.8 Å². The van der Waals surface area contributed by atoms with Crippen molar-refractivity contribution in [2.45, 2.75) is 37.7 Å². The minimum atomic E-state index is -0.429. The standard InChI is InChI=1S/C22H25N7O2/c30-22(28-7-1-2-8-28)18-13-29(9-10-31-18)19-6-5-15-20(26-19)27-21(25-15)17-12-23-11-16(24-17)14-3-4-14/h5-6,11-12,14,18H,1-4,7-10,13H2,(H,25,26,27)/t18-/m1/s1. The van der Waals surface area contributed by atoms with E-state index in [2.05, 4.69) is 19.9 Å². The number of fused-ring (bicyclic) bond motifs is 1. The van der Waals surface area contributed by atoms with Gasteiger partial charge in [-0.2, -0.15) is 0 Å².